The van der Waals surface area contributed by atoms with E-state index in [1.165, 1.54) is 0 Å². The van der Waals surface area contributed by atoms with Crippen LogP contribution < -0.4 is 4.74 Å². The van der Waals surface area contributed by atoms with Crippen molar-refractivity contribution >= 4 is 45.7 Å². The molecule has 0 atom stereocenters. The molecule has 0 spiro atoms. The van der Waals surface area contributed by atoms with E-state index in [0.717, 1.165) is 58.7 Å². The summed E-state index contributed by atoms with van der Waals surface area (Å²) in [4.78, 5) is 41.4. The van der Waals surface area contributed by atoms with Gasteiger partial charge < -0.3 is 9.64 Å². The van der Waals surface area contributed by atoms with Crippen molar-refractivity contribution in [3.8, 4) is 5.75 Å². The van der Waals surface area contributed by atoms with Crippen molar-refractivity contribution in [3.05, 3.63) is 46.9 Å². The first-order valence-electron chi connectivity index (χ1n) is 10.8. The Hall–Kier alpha value is -2.80. The van der Waals surface area contributed by atoms with E-state index in [1.54, 1.807) is 11.0 Å². The second-order valence-corrected chi connectivity index (χ2v) is 8.69. The number of amides is 3. The molecule has 2 aliphatic heterocycles. The smallest absolute Gasteiger partial charge is 0.294 e. The Balaban J connectivity index is 1.60. The summed E-state index contributed by atoms with van der Waals surface area (Å²) < 4.78 is 5.78. The Bertz CT molecular complexity index is 1040. The molecule has 2 aliphatic rings. The zero-order chi connectivity index (χ0) is 21.8. The molecule has 2 fully saturated rings. The number of imide groups is 1. The van der Waals surface area contributed by atoms with Crippen molar-refractivity contribution in [2.45, 2.75) is 32.6 Å². The molecule has 0 aromatic heterocycles. The molecule has 0 saturated carbocycles. The number of fused-ring (bicyclic) bond motifs is 1. The van der Waals surface area contributed by atoms with Gasteiger partial charge >= 0.3 is 0 Å². The lowest BCUT2D eigenvalue weighted by atomic mass is 10.0. The molecular weight excluding hydrogens is 412 g/mol. The van der Waals surface area contributed by atoms with E-state index in [1.807, 2.05) is 43.3 Å². The molecule has 2 aromatic rings. The minimum absolute atomic E-state index is 0.161. The Morgan fingerprint density at radius 2 is 1.81 bits per heavy atom. The first kappa shape index (κ1) is 21.4. The van der Waals surface area contributed by atoms with E-state index in [9.17, 15) is 14.4 Å². The number of ether oxygens (including phenoxy) is 1. The molecule has 31 heavy (non-hydrogen) atoms. The molecule has 3 amide bonds. The summed E-state index contributed by atoms with van der Waals surface area (Å²) in [5, 5.41) is 1.56. The summed E-state index contributed by atoms with van der Waals surface area (Å²) >= 11 is 0.877. The van der Waals surface area contributed by atoms with Gasteiger partial charge in [-0.05, 0) is 54.4 Å². The SMILES string of the molecule is CCOc1ccc2ccccc2c1C=C1SC(=O)N(CC(=O)N2CCCCCC2)C1=O. The van der Waals surface area contributed by atoms with Crippen LogP contribution in [0.5, 0.6) is 5.75 Å². The summed E-state index contributed by atoms with van der Waals surface area (Å²) in [5.74, 6) is 0.0767. The first-order chi connectivity index (χ1) is 15.1. The van der Waals surface area contributed by atoms with Crippen molar-refractivity contribution < 1.29 is 19.1 Å². The fourth-order valence-electron chi connectivity index (χ4n) is 4.03. The lowest BCUT2D eigenvalue weighted by Gasteiger charge is -2.22. The highest BCUT2D eigenvalue weighted by molar-refractivity contribution is 8.18. The maximum atomic E-state index is 13.0. The number of carbonyl (C=O) groups is 3. The molecule has 2 heterocycles. The van der Waals surface area contributed by atoms with Crippen molar-refractivity contribution in [1.82, 2.24) is 9.80 Å². The zero-order valence-electron chi connectivity index (χ0n) is 17.6. The van der Waals surface area contributed by atoms with E-state index in [2.05, 4.69) is 0 Å². The van der Waals surface area contributed by atoms with Crippen molar-refractivity contribution in [3.63, 3.8) is 0 Å². The summed E-state index contributed by atoms with van der Waals surface area (Å²) in [7, 11) is 0. The second kappa shape index (κ2) is 9.56. The van der Waals surface area contributed by atoms with E-state index >= 15 is 0 Å². The van der Waals surface area contributed by atoms with Crippen LogP contribution in [0.3, 0.4) is 0 Å². The molecule has 0 bridgehead atoms. The van der Waals surface area contributed by atoms with Gasteiger partial charge in [-0.1, -0.05) is 43.2 Å². The number of benzene rings is 2. The maximum Gasteiger partial charge on any atom is 0.294 e. The van der Waals surface area contributed by atoms with Crippen LogP contribution in [0.1, 0.15) is 38.2 Å². The van der Waals surface area contributed by atoms with Gasteiger partial charge in [0, 0.05) is 18.7 Å². The Labute approximate surface area is 186 Å². The van der Waals surface area contributed by atoms with Gasteiger partial charge in [0.2, 0.25) is 5.91 Å². The fraction of sp³-hybridized carbons (Fsp3) is 0.375. The number of likely N-dealkylation sites (tertiary alicyclic amines) is 1. The largest absolute Gasteiger partial charge is 0.493 e. The average Bonchev–Trinajstić information content (AvgIpc) is 2.97. The second-order valence-electron chi connectivity index (χ2n) is 7.69. The van der Waals surface area contributed by atoms with Crippen LogP contribution in [-0.4, -0.2) is 53.1 Å². The number of hydrogen-bond donors (Lipinski definition) is 0. The van der Waals surface area contributed by atoms with Crippen LogP contribution in [0.15, 0.2) is 41.3 Å². The summed E-state index contributed by atoms with van der Waals surface area (Å²) in [6.07, 6.45) is 5.88. The quantitative estimate of drug-likeness (QED) is 0.634. The topological polar surface area (TPSA) is 66.9 Å². The van der Waals surface area contributed by atoms with Gasteiger partial charge in [0.1, 0.15) is 12.3 Å². The van der Waals surface area contributed by atoms with E-state index in [0.29, 0.717) is 30.4 Å². The minimum atomic E-state index is -0.423. The van der Waals surface area contributed by atoms with Crippen LogP contribution in [0.2, 0.25) is 0 Å². The predicted molar refractivity (Wildman–Crippen MR) is 123 cm³/mol. The molecule has 2 aromatic carbocycles. The van der Waals surface area contributed by atoms with Gasteiger partial charge in [-0.2, -0.15) is 0 Å². The summed E-state index contributed by atoms with van der Waals surface area (Å²) in [6, 6.07) is 11.7. The maximum absolute atomic E-state index is 13.0. The van der Waals surface area contributed by atoms with Crippen molar-refractivity contribution in [2.24, 2.45) is 0 Å². The molecule has 0 unspecified atom stereocenters. The molecule has 0 N–H and O–H groups in total. The van der Waals surface area contributed by atoms with Gasteiger partial charge in [-0.3, -0.25) is 19.3 Å². The molecule has 2 saturated heterocycles. The third-order valence-corrected chi connectivity index (χ3v) is 6.54. The van der Waals surface area contributed by atoms with Gasteiger partial charge in [0.15, 0.2) is 0 Å². The van der Waals surface area contributed by atoms with Crippen molar-refractivity contribution in [1.29, 1.82) is 0 Å². The third kappa shape index (κ3) is 4.61. The van der Waals surface area contributed by atoms with Gasteiger partial charge in [-0.15, -0.1) is 0 Å². The lowest BCUT2D eigenvalue weighted by molar-refractivity contribution is -0.135. The average molecular weight is 439 g/mol. The van der Waals surface area contributed by atoms with Crippen LogP contribution >= 0.6 is 11.8 Å². The number of thioether (sulfide) groups is 1. The van der Waals surface area contributed by atoms with Crippen molar-refractivity contribution in [2.75, 3.05) is 26.2 Å². The van der Waals surface area contributed by atoms with Crippen LogP contribution in [0.25, 0.3) is 16.8 Å². The Kier molecular flexibility index (Phi) is 6.61. The summed E-state index contributed by atoms with van der Waals surface area (Å²) in [5.41, 5.74) is 0.768. The molecule has 7 heteroatoms. The molecule has 4 rings (SSSR count). The number of nitrogens with zero attached hydrogens (tertiary/aromatic N) is 2. The van der Waals surface area contributed by atoms with Gasteiger partial charge in [-0.25, -0.2) is 0 Å². The van der Waals surface area contributed by atoms with E-state index < -0.39 is 11.1 Å². The normalized spacial score (nSPS) is 18.7. The molecular formula is C24H26N2O4S. The van der Waals surface area contributed by atoms with Crippen LogP contribution in [-0.2, 0) is 9.59 Å². The highest BCUT2D eigenvalue weighted by Crippen LogP contribution is 2.36. The highest BCUT2D eigenvalue weighted by atomic mass is 32.2. The Morgan fingerprint density at radius 1 is 1.06 bits per heavy atom. The predicted octanol–water partition coefficient (Wildman–Crippen LogP) is 4.68. The van der Waals surface area contributed by atoms with Gasteiger partial charge in [0.25, 0.3) is 11.1 Å². The molecule has 0 radical (unpaired) electrons. The zero-order valence-corrected chi connectivity index (χ0v) is 18.5. The standard InChI is InChI=1S/C24H26N2O4S/c1-2-30-20-12-11-17-9-5-6-10-18(17)19(20)15-21-23(28)26(24(29)31-21)16-22(27)25-13-7-3-4-8-14-25/h5-6,9-12,15H,2-4,7-8,13-14,16H2,1H3. The van der Waals surface area contributed by atoms with Crippen LogP contribution in [0.4, 0.5) is 4.79 Å². The molecule has 0 aliphatic carbocycles. The minimum Gasteiger partial charge on any atom is -0.493 e. The van der Waals surface area contributed by atoms with E-state index in [4.69, 9.17) is 4.74 Å². The van der Waals surface area contributed by atoms with Gasteiger partial charge in [0.05, 0.1) is 11.5 Å². The number of hydrogen-bond acceptors (Lipinski definition) is 5. The molecule has 6 nitrogen and oxygen atoms in total. The number of carbonyl (C=O) groups excluding carboxylic acids is 3. The first-order valence-corrected chi connectivity index (χ1v) is 11.6. The third-order valence-electron chi connectivity index (χ3n) is 5.63. The molecule has 162 valence electrons. The fourth-order valence-corrected chi connectivity index (χ4v) is 4.85. The Morgan fingerprint density at radius 3 is 2.55 bits per heavy atom. The monoisotopic (exact) mass is 438 g/mol. The van der Waals surface area contributed by atoms with Crippen LogP contribution in [0, 0.1) is 0 Å². The lowest BCUT2D eigenvalue weighted by Crippen LogP contribution is -2.42. The van der Waals surface area contributed by atoms with E-state index in [-0.39, 0.29) is 12.5 Å². The summed E-state index contributed by atoms with van der Waals surface area (Å²) in [6.45, 7) is 3.58. The number of rotatable bonds is 5. The highest BCUT2D eigenvalue weighted by Gasteiger charge is 2.37.